The second-order valence-corrected chi connectivity index (χ2v) is 6.06. The van der Waals surface area contributed by atoms with Crippen molar-refractivity contribution < 1.29 is 5.11 Å². The van der Waals surface area contributed by atoms with Crippen LogP contribution in [0.15, 0.2) is 0 Å². The summed E-state index contributed by atoms with van der Waals surface area (Å²) in [5, 5.41) is 10.4. The van der Waals surface area contributed by atoms with Crippen LogP contribution in [-0.4, -0.2) is 36.2 Å². The first-order valence-corrected chi connectivity index (χ1v) is 6.44. The number of nitrogens with zero attached hydrogens (tertiary/aromatic N) is 1. The van der Waals surface area contributed by atoms with Crippen LogP contribution in [0.4, 0.5) is 0 Å². The molecule has 2 heteroatoms. The SMILES string of the molecule is CC(C)C1CC2CCC(CN(C)C2)C1O. The Bertz CT molecular complexity index is 217. The molecule has 4 unspecified atom stereocenters. The molecule has 1 aliphatic carbocycles. The maximum atomic E-state index is 10.4. The molecule has 1 N–H and O–H groups in total. The molecule has 4 atom stereocenters. The standard InChI is InChI=1S/C13H25NO/c1-9(2)12-6-10-4-5-11(13(12)15)8-14(3)7-10/h9-13,15H,4-8H2,1-3H3. The maximum absolute atomic E-state index is 10.4. The Labute approximate surface area is 93.7 Å². The van der Waals surface area contributed by atoms with Gasteiger partial charge in [-0.2, -0.15) is 0 Å². The Hall–Kier alpha value is -0.0800. The minimum absolute atomic E-state index is 0.0576. The number of hydrogen-bond acceptors (Lipinski definition) is 2. The Kier molecular flexibility index (Phi) is 3.36. The van der Waals surface area contributed by atoms with E-state index in [4.69, 9.17) is 0 Å². The third kappa shape index (κ3) is 2.36. The number of hydrogen-bond donors (Lipinski definition) is 1. The van der Waals surface area contributed by atoms with Crippen LogP contribution >= 0.6 is 0 Å². The normalized spacial score (nSPS) is 43.0. The molecule has 1 heterocycles. The minimum atomic E-state index is -0.0576. The molecule has 0 aromatic rings. The van der Waals surface area contributed by atoms with E-state index in [9.17, 15) is 5.11 Å². The predicted octanol–water partition coefficient (Wildman–Crippen LogP) is 1.98. The molecule has 0 aromatic carbocycles. The molecule has 1 saturated carbocycles. The van der Waals surface area contributed by atoms with Gasteiger partial charge in [0.15, 0.2) is 0 Å². The van der Waals surface area contributed by atoms with Crippen molar-refractivity contribution in [2.45, 2.75) is 39.2 Å². The van der Waals surface area contributed by atoms with E-state index >= 15 is 0 Å². The second kappa shape index (κ2) is 4.42. The second-order valence-electron chi connectivity index (χ2n) is 6.06. The predicted molar refractivity (Wildman–Crippen MR) is 62.7 cm³/mol. The van der Waals surface area contributed by atoms with Crippen LogP contribution in [0, 0.1) is 23.7 Å². The largest absolute Gasteiger partial charge is 0.392 e. The van der Waals surface area contributed by atoms with Crippen LogP contribution < -0.4 is 0 Å². The van der Waals surface area contributed by atoms with E-state index in [1.165, 1.54) is 25.8 Å². The Morgan fingerprint density at radius 3 is 2.60 bits per heavy atom. The Morgan fingerprint density at radius 2 is 1.93 bits per heavy atom. The van der Waals surface area contributed by atoms with Crippen molar-refractivity contribution in [1.82, 2.24) is 4.90 Å². The van der Waals surface area contributed by atoms with Crippen LogP contribution in [0.2, 0.25) is 0 Å². The van der Waals surface area contributed by atoms with Gasteiger partial charge in [0, 0.05) is 13.1 Å². The van der Waals surface area contributed by atoms with Gasteiger partial charge in [0.2, 0.25) is 0 Å². The highest BCUT2D eigenvalue weighted by Gasteiger charge is 2.38. The van der Waals surface area contributed by atoms with Crippen molar-refractivity contribution in [3.63, 3.8) is 0 Å². The van der Waals surface area contributed by atoms with Gasteiger partial charge in [0.1, 0.15) is 0 Å². The quantitative estimate of drug-likeness (QED) is 0.717. The first kappa shape index (κ1) is 11.4. The lowest BCUT2D eigenvalue weighted by atomic mass is 9.79. The summed E-state index contributed by atoms with van der Waals surface area (Å²) >= 11 is 0. The van der Waals surface area contributed by atoms with Gasteiger partial charge in [-0.15, -0.1) is 0 Å². The highest BCUT2D eigenvalue weighted by molar-refractivity contribution is 4.89. The molecule has 15 heavy (non-hydrogen) atoms. The lowest BCUT2D eigenvalue weighted by Gasteiger charge is -2.35. The van der Waals surface area contributed by atoms with Gasteiger partial charge in [0.25, 0.3) is 0 Å². The summed E-state index contributed by atoms with van der Waals surface area (Å²) in [4.78, 5) is 2.42. The van der Waals surface area contributed by atoms with E-state index in [0.717, 1.165) is 12.5 Å². The van der Waals surface area contributed by atoms with Gasteiger partial charge in [-0.25, -0.2) is 0 Å². The Morgan fingerprint density at radius 1 is 1.20 bits per heavy atom. The van der Waals surface area contributed by atoms with Crippen molar-refractivity contribution in [2.75, 3.05) is 20.1 Å². The summed E-state index contributed by atoms with van der Waals surface area (Å²) < 4.78 is 0. The topological polar surface area (TPSA) is 23.5 Å². The lowest BCUT2D eigenvalue weighted by molar-refractivity contribution is 0.00678. The summed E-state index contributed by atoms with van der Waals surface area (Å²) in [5.74, 6) is 2.52. The van der Waals surface area contributed by atoms with Crippen molar-refractivity contribution in [3.8, 4) is 0 Å². The zero-order chi connectivity index (χ0) is 11.0. The maximum Gasteiger partial charge on any atom is 0.0611 e. The van der Waals surface area contributed by atoms with E-state index in [-0.39, 0.29) is 6.10 Å². The molecule has 0 aromatic heterocycles. The number of likely N-dealkylation sites (tertiary alicyclic amines) is 1. The fourth-order valence-electron chi connectivity index (χ4n) is 3.56. The zero-order valence-electron chi connectivity index (χ0n) is 10.3. The molecule has 1 aliphatic heterocycles. The Balaban J connectivity index is 2.15. The lowest BCUT2D eigenvalue weighted by Crippen LogP contribution is -2.41. The van der Waals surface area contributed by atoms with Crippen LogP contribution in [0.25, 0.3) is 0 Å². The van der Waals surface area contributed by atoms with Crippen LogP contribution in [0.3, 0.4) is 0 Å². The summed E-state index contributed by atoms with van der Waals surface area (Å²) in [6.45, 7) is 6.87. The number of aliphatic hydroxyl groups excluding tert-OH is 1. The van der Waals surface area contributed by atoms with Gasteiger partial charge in [0.05, 0.1) is 6.10 Å². The fraction of sp³-hybridized carbons (Fsp3) is 1.00. The average molecular weight is 211 g/mol. The first-order valence-electron chi connectivity index (χ1n) is 6.44. The first-order chi connectivity index (χ1) is 7.08. The number of aliphatic hydroxyl groups is 1. The van der Waals surface area contributed by atoms with Crippen molar-refractivity contribution in [1.29, 1.82) is 0 Å². The van der Waals surface area contributed by atoms with E-state index in [1.54, 1.807) is 0 Å². The average Bonchev–Trinajstić information content (AvgIpc) is 2.41. The fourth-order valence-corrected chi connectivity index (χ4v) is 3.56. The summed E-state index contributed by atoms with van der Waals surface area (Å²) in [5.41, 5.74) is 0. The molecule has 88 valence electrons. The van der Waals surface area contributed by atoms with Crippen molar-refractivity contribution in [3.05, 3.63) is 0 Å². The van der Waals surface area contributed by atoms with Gasteiger partial charge < -0.3 is 10.0 Å². The molecule has 1 saturated heterocycles. The number of fused-ring (bicyclic) bond motifs is 3. The third-order valence-corrected chi connectivity index (χ3v) is 4.45. The monoisotopic (exact) mass is 211 g/mol. The molecule has 2 nitrogen and oxygen atoms in total. The summed E-state index contributed by atoms with van der Waals surface area (Å²) in [7, 11) is 2.20. The third-order valence-electron chi connectivity index (χ3n) is 4.45. The van der Waals surface area contributed by atoms with Crippen LogP contribution in [-0.2, 0) is 0 Å². The molecule has 0 spiro atoms. The summed E-state index contributed by atoms with van der Waals surface area (Å²) in [6.07, 6.45) is 3.74. The van der Waals surface area contributed by atoms with Crippen molar-refractivity contribution >= 4 is 0 Å². The zero-order valence-corrected chi connectivity index (χ0v) is 10.3. The van der Waals surface area contributed by atoms with Gasteiger partial charge in [-0.3, -0.25) is 0 Å². The van der Waals surface area contributed by atoms with Crippen LogP contribution in [0.1, 0.15) is 33.1 Å². The van der Waals surface area contributed by atoms with E-state index in [0.29, 0.717) is 17.8 Å². The molecule has 2 aliphatic rings. The molecule has 2 bridgehead atoms. The van der Waals surface area contributed by atoms with Crippen LogP contribution in [0.5, 0.6) is 0 Å². The summed E-state index contributed by atoms with van der Waals surface area (Å²) in [6, 6.07) is 0. The smallest absolute Gasteiger partial charge is 0.0611 e. The molecule has 2 fully saturated rings. The highest BCUT2D eigenvalue weighted by Crippen LogP contribution is 2.38. The molecule has 0 radical (unpaired) electrons. The molecule has 2 rings (SSSR count). The highest BCUT2D eigenvalue weighted by atomic mass is 16.3. The minimum Gasteiger partial charge on any atom is -0.392 e. The van der Waals surface area contributed by atoms with E-state index < -0.39 is 0 Å². The number of rotatable bonds is 1. The van der Waals surface area contributed by atoms with E-state index in [2.05, 4.69) is 25.8 Å². The molecule has 0 amide bonds. The molecular weight excluding hydrogens is 186 g/mol. The van der Waals surface area contributed by atoms with Crippen molar-refractivity contribution in [2.24, 2.45) is 23.7 Å². The van der Waals surface area contributed by atoms with Gasteiger partial charge >= 0.3 is 0 Å². The van der Waals surface area contributed by atoms with Gasteiger partial charge in [-0.1, -0.05) is 13.8 Å². The van der Waals surface area contributed by atoms with E-state index in [1.807, 2.05) is 0 Å². The molecular formula is C13H25NO. The van der Waals surface area contributed by atoms with Gasteiger partial charge in [-0.05, 0) is 50.0 Å².